The van der Waals surface area contributed by atoms with Crippen LogP contribution in [-0.4, -0.2) is 23.1 Å². The van der Waals surface area contributed by atoms with E-state index in [1.165, 1.54) is 12.8 Å². The lowest BCUT2D eigenvalue weighted by Gasteiger charge is -2.05. The van der Waals surface area contributed by atoms with E-state index in [1.807, 2.05) is 0 Å². The molecule has 1 heterocycles. The number of ether oxygens (including phenoxy) is 1. The van der Waals surface area contributed by atoms with Crippen molar-refractivity contribution in [3.8, 4) is 5.88 Å². The Morgan fingerprint density at radius 1 is 1.47 bits per heavy atom. The minimum absolute atomic E-state index is 0.650. The van der Waals surface area contributed by atoms with Gasteiger partial charge in [0.05, 0.1) is 18.5 Å². The Labute approximate surface area is 90.1 Å². The van der Waals surface area contributed by atoms with Gasteiger partial charge in [-0.15, -0.1) is 0 Å². The van der Waals surface area contributed by atoms with Crippen molar-refractivity contribution in [3.05, 3.63) is 18.1 Å². The van der Waals surface area contributed by atoms with Crippen molar-refractivity contribution >= 4 is 0 Å². The molecule has 0 radical (unpaired) electrons. The number of hydrogen-bond acceptors (Lipinski definition) is 4. The van der Waals surface area contributed by atoms with E-state index >= 15 is 0 Å². The SMILES string of the molecule is CCNCc1cncc(OCC2CC2)n1. The monoisotopic (exact) mass is 207 g/mol. The summed E-state index contributed by atoms with van der Waals surface area (Å²) in [7, 11) is 0. The first kappa shape index (κ1) is 10.4. The van der Waals surface area contributed by atoms with Crippen molar-refractivity contribution in [1.82, 2.24) is 15.3 Å². The van der Waals surface area contributed by atoms with Gasteiger partial charge in [-0.1, -0.05) is 6.92 Å². The molecular formula is C11H17N3O. The molecule has 4 nitrogen and oxygen atoms in total. The van der Waals surface area contributed by atoms with Crippen LogP contribution in [0, 0.1) is 5.92 Å². The van der Waals surface area contributed by atoms with Crippen LogP contribution in [0.4, 0.5) is 0 Å². The van der Waals surface area contributed by atoms with E-state index < -0.39 is 0 Å². The van der Waals surface area contributed by atoms with Gasteiger partial charge in [-0.2, -0.15) is 0 Å². The van der Waals surface area contributed by atoms with E-state index in [4.69, 9.17) is 4.74 Å². The Morgan fingerprint density at radius 3 is 3.07 bits per heavy atom. The zero-order valence-corrected chi connectivity index (χ0v) is 9.07. The van der Waals surface area contributed by atoms with Gasteiger partial charge in [0.15, 0.2) is 0 Å². The molecule has 4 heteroatoms. The van der Waals surface area contributed by atoms with Crippen molar-refractivity contribution in [2.75, 3.05) is 13.2 Å². The molecule has 0 saturated heterocycles. The molecule has 2 rings (SSSR count). The summed E-state index contributed by atoms with van der Waals surface area (Å²) < 4.78 is 5.55. The molecule has 0 bridgehead atoms. The highest BCUT2D eigenvalue weighted by molar-refractivity contribution is 5.08. The van der Waals surface area contributed by atoms with Crippen molar-refractivity contribution in [2.24, 2.45) is 5.92 Å². The quantitative estimate of drug-likeness (QED) is 0.765. The summed E-state index contributed by atoms with van der Waals surface area (Å²) in [5, 5.41) is 3.21. The molecule has 0 aromatic carbocycles. The van der Waals surface area contributed by atoms with Crippen LogP contribution >= 0.6 is 0 Å². The Morgan fingerprint density at radius 2 is 2.33 bits per heavy atom. The fourth-order valence-electron chi connectivity index (χ4n) is 1.28. The summed E-state index contributed by atoms with van der Waals surface area (Å²) in [6.07, 6.45) is 6.04. The average molecular weight is 207 g/mol. The molecule has 1 saturated carbocycles. The molecule has 1 N–H and O–H groups in total. The predicted molar refractivity (Wildman–Crippen MR) is 57.6 cm³/mol. The molecule has 0 amide bonds. The van der Waals surface area contributed by atoms with Crippen molar-refractivity contribution in [3.63, 3.8) is 0 Å². The van der Waals surface area contributed by atoms with Gasteiger partial charge in [0.1, 0.15) is 0 Å². The second-order valence-electron chi connectivity index (χ2n) is 3.88. The average Bonchev–Trinajstić information content (AvgIpc) is 3.08. The lowest BCUT2D eigenvalue weighted by Crippen LogP contribution is -2.13. The second kappa shape index (κ2) is 5.07. The molecule has 1 aromatic rings. The zero-order chi connectivity index (χ0) is 10.5. The van der Waals surface area contributed by atoms with Crippen LogP contribution in [0.3, 0.4) is 0 Å². The van der Waals surface area contributed by atoms with Crippen molar-refractivity contribution in [1.29, 1.82) is 0 Å². The van der Waals surface area contributed by atoms with Gasteiger partial charge in [-0.25, -0.2) is 4.98 Å². The van der Waals surface area contributed by atoms with Gasteiger partial charge < -0.3 is 10.1 Å². The number of nitrogens with one attached hydrogen (secondary N) is 1. The topological polar surface area (TPSA) is 47.0 Å². The Balaban J connectivity index is 1.85. The first-order valence-electron chi connectivity index (χ1n) is 5.53. The van der Waals surface area contributed by atoms with E-state index in [-0.39, 0.29) is 0 Å². The summed E-state index contributed by atoms with van der Waals surface area (Å²) in [6.45, 7) is 4.55. The first-order valence-corrected chi connectivity index (χ1v) is 5.53. The molecule has 1 aromatic heterocycles. The smallest absolute Gasteiger partial charge is 0.232 e. The standard InChI is InChI=1S/C11H17N3O/c1-2-12-5-10-6-13-7-11(14-10)15-8-9-3-4-9/h6-7,9,12H,2-5,8H2,1H3. The van der Waals surface area contributed by atoms with Gasteiger partial charge in [0.25, 0.3) is 0 Å². The third-order valence-electron chi connectivity index (χ3n) is 2.38. The van der Waals surface area contributed by atoms with Gasteiger partial charge in [0.2, 0.25) is 5.88 Å². The minimum atomic E-state index is 0.650. The lowest BCUT2D eigenvalue weighted by molar-refractivity contribution is 0.286. The van der Waals surface area contributed by atoms with Crippen molar-refractivity contribution < 1.29 is 4.74 Å². The molecule has 0 aliphatic heterocycles. The maximum Gasteiger partial charge on any atom is 0.232 e. The third-order valence-corrected chi connectivity index (χ3v) is 2.38. The Bertz CT molecular complexity index is 312. The van der Waals surface area contributed by atoms with Crippen LogP contribution < -0.4 is 10.1 Å². The maximum absolute atomic E-state index is 5.55. The van der Waals surface area contributed by atoms with Crippen LogP contribution in [0.1, 0.15) is 25.5 Å². The van der Waals surface area contributed by atoms with Crippen LogP contribution in [0.25, 0.3) is 0 Å². The third kappa shape index (κ3) is 3.47. The van der Waals surface area contributed by atoms with Gasteiger partial charge in [-0.3, -0.25) is 4.98 Å². The minimum Gasteiger partial charge on any atom is -0.476 e. The summed E-state index contributed by atoms with van der Waals surface area (Å²) in [5.74, 6) is 1.40. The van der Waals surface area contributed by atoms with E-state index in [0.29, 0.717) is 5.88 Å². The summed E-state index contributed by atoms with van der Waals surface area (Å²) in [4.78, 5) is 8.47. The summed E-state index contributed by atoms with van der Waals surface area (Å²) in [5.41, 5.74) is 0.935. The van der Waals surface area contributed by atoms with Crippen LogP contribution in [0.15, 0.2) is 12.4 Å². The number of rotatable bonds is 6. The van der Waals surface area contributed by atoms with Gasteiger partial charge in [0, 0.05) is 12.7 Å². The molecular weight excluding hydrogens is 190 g/mol. The van der Waals surface area contributed by atoms with E-state index in [2.05, 4.69) is 22.2 Å². The number of hydrogen-bond donors (Lipinski definition) is 1. The first-order chi connectivity index (χ1) is 7.38. The molecule has 0 unspecified atom stereocenters. The van der Waals surface area contributed by atoms with E-state index in [9.17, 15) is 0 Å². The van der Waals surface area contributed by atoms with Gasteiger partial charge in [-0.05, 0) is 25.3 Å². The normalized spacial score (nSPS) is 15.3. The summed E-state index contributed by atoms with van der Waals surface area (Å²) in [6, 6.07) is 0. The summed E-state index contributed by atoms with van der Waals surface area (Å²) >= 11 is 0. The Kier molecular flexibility index (Phi) is 3.50. The van der Waals surface area contributed by atoms with E-state index in [0.717, 1.165) is 31.3 Å². The molecule has 1 aliphatic rings. The van der Waals surface area contributed by atoms with Crippen molar-refractivity contribution in [2.45, 2.75) is 26.3 Å². The molecule has 1 aliphatic carbocycles. The fourth-order valence-corrected chi connectivity index (χ4v) is 1.28. The van der Waals surface area contributed by atoms with Crippen LogP contribution in [0.5, 0.6) is 5.88 Å². The fraction of sp³-hybridized carbons (Fsp3) is 0.636. The highest BCUT2D eigenvalue weighted by Crippen LogP contribution is 2.29. The van der Waals surface area contributed by atoms with Gasteiger partial charge >= 0.3 is 0 Å². The predicted octanol–water partition coefficient (Wildman–Crippen LogP) is 1.37. The number of aromatic nitrogens is 2. The van der Waals surface area contributed by atoms with Crippen LogP contribution in [-0.2, 0) is 6.54 Å². The zero-order valence-electron chi connectivity index (χ0n) is 9.07. The largest absolute Gasteiger partial charge is 0.476 e. The number of nitrogens with zero attached hydrogens (tertiary/aromatic N) is 2. The highest BCUT2D eigenvalue weighted by Gasteiger charge is 2.22. The van der Waals surface area contributed by atoms with E-state index in [1.54, 1.807) is 12.4 Å². The second-order valence-corrected chi connectivity index (χ2v) is 3.88. The maximum atomic E-state index is 5.55. The Hall–Kier alpha value is -1.16. The molecule has 82 valence electrons. The highest BCUT2D eigenvalue weighted by atomic mass is 16.5. The molecule has 0 atom stereocenters. The lowest BCUT2D eigenvalue weighted by atomic mass is 10.4. The molecule has 15 heavy (non-hydrogen) atoms. The molecule has 0 spiro atoms. The van der Waals surface area contributed by atoms with Crippen LogP contribution in [0.2, 0.25) is 0 Å². The molecule has 1 fully saturated rings.